The minimum absolute atomic E-state index is 0.0903. The summed E-state index contributed by atoms with van der Waals surface area (Å²) in [4.78, 5) is 9.70. The van der Waals surface area contributed by atoms with Crippen molar-refractivity contribution in [1.82, 2.24) is 0 Å². The molecular weight excluding hydrogens is 172 g/mol. The van der Waals surface area contributed by atoms with Crippen molar-refractivity contribution in [2.24, 2.45) is 11.8 Å². The van der Waals surface area contributed by atoms with Gasteiger partial charge in [-0.3, -0.25) is 4.79 Å². The molecule has 0 amide bonds. The standard InChI is InChI=1S/C5H12O2.C4H8O2/c1-4(2)5(3,6)7;1-3(2)4(5)6/h4,6-7H,1-3H3;3H,1-2H3,(H,5,6). The SMILES string of the molecule is CC(C)C(=O)O.CC(C)C(C)(O)O. The summed E-state index contributed by atoms with van der Waals surface area (Å²) in [6.45, 7) is 8.16. The third-order valence-electron chi connectivity index (χ3n) is 1.59. The molecule has 0 fully saturated rings. The van der Waals surface area contributed by atoms with Gasteiger partial charge in [0.1, 0.15) is 0 Å². The maximum absolute atomic E-state index is 9.70. The largest absolute Gasteiger partial charge is 0.481 e. The lowest BCUT2D eigenvalue weighted by Crippen LogP contribution is -2.29. The van der Waals surface area contributed by atoms with Crippen LogP contribution >= 0.6 is 0 Å². The topological polar surface area (TPSA) is 77.8 Å². The molecule has 0 aliphatic heterocycles. The van der Waals surface area contributed by atoms with Crippen LogP contribution in [0.15, 0.2) is 0 Å². The van der Waals surface area contributed by atoms with Gasteiger partial charge in [0.25, 0.3) is 0 Å². The van der Waals surface area contributed by atoms with Crippen LogP contribution in [0.5, 0.6) is 0 Å². The van der Waals surface area contributed by atoms with Gasteiger partial charge in [0.15, 0.2) is 5.79 Å². The molecule has 0 aliphatic rings. The Morgan fingerprint density at radius 3 is 1.31 bits per heavy atom. The molecule has 0 heterocycles. The monoisotopic (exact) mass is 192 g/mol. The number of aliphatic carboxylic acids is 1. The number of hydrogen-bond acceptors (Lipinski definition) is 3. The van der Waals surface area contributed by atoms with Gasteiger partial charge in [-0.15, -0.1) is 0 Å². The zero-order chi connectivity index (χ0) is 11.2. The van der Waals surface area contributed by atoms with Crippen molar-refractivity contribution in [2.45, 2.75) is 40.4 Å². The summed E-state index contributed by atoms with van der Waals surface area (Å²) in [6, 6.07) is 0. The van der Waals surface area contributed by atoms with Crippen LogP contribution in [0, 0.1) is 11.8 Å². The first-order chi connectivity index (χ1) is 5.59. The van der Waals surface area contributed by atoms with E-state index in [4.69, 9.17) is 15.3 Å². The molecule has 0 radical (unpaired) electrons. The molecule has 13 heavy (non-hydrogen) atoms. The van der Waals surface area contributed by atoms with Gasteiger partial charge in [-0.25, -0.2) is 0 Å². The lowest BCUT2D eigenvalue weighted by molar-refractivity contribution is -0.176. The molecule has 0 rings (SSSR count). The van der Waals surface area contributed by atoms with E-state index < -0.39 is 11.8 Å². The van der Waals surface area contributed by atoms with Crippen molar-refractivity contribution in [3.8, 4) is 0 Å². The Balaban J connectivity index is 0. The summed E-state index contributed by atoms with van der Waals surface area (Å²) in [6.07, 6.45) is 0. The lowest BCUT2D eigenvalue weighted by atomic mass is 10.1. The lowest BCUT2D eigenvalue weighted by Gasteiger charge is -2.19. The van der Waals surface area contributed by atoms with Crippen molar-refractivity contribution < 1.29 is 20.1 Å². The van der Waals surface area contributed by atoms with Crippen LogP contribution in [0.25, 0.3) is 0 Å². The van der Waals surface area contributed by atoms with Crippen LogP contribution in [0.4, 0.5) is 0 Å². The highest BCUT2D eigenvalue weighted by atomic mass is 16.5. The second-order valence-electron chi connectivity index (χ2n) is 3.74. The Morgan fingerprint density at radius 1 is 1.15 bits per heavy atom. The van der Waals surface area contributed by atoms with E-state index in [0.29, 0.717) is 0 Å². The molecule has 3 N–H and O–H groups in total. The predicted molar refractivity (Wildman–Crippen MR) is 50.2 cm³/mol. The third-order valence-corrected chi connectivity index (χ3v) is 1.59. The van der Waals surface area contributed by atoms with Crippen LogP contribution in [-0.4, -0.2) is 27.1 Å². The van der Waals surface area contributed by atoms with E-state index in [1.165, 1.54) is 6.92 Å². The molecule has 0 aromatic rings. The molecule has 0 unspecified atom stereocenters. The van der Waals surface area contributed by atoms with E-state index in [2.05, 4.69) is 0 Å². The van der Waals surface area contributed by atoms with Crippen LogP contribution in [0.3, 0.4) is 0 Å². The van der Waals surface area contributed by atoms with Gasteiger partial charge >= 0.3 is 5.97 Å². The number of carboxylic acids is 1. The predicted octanol–water partition coefficient (Wildman–Crippen LogP) is 1.07. The molecule has 0 saturated heterocycles. The third kappa shape index (κ3) is 11.4. The molecule has 0 aliphatic carbocycles. The maximum atomic E-state index is 9.70. The van der Waals surface area contributed by atoms with Crippen LogP contribution < -0.4 is 0 Å². The molecule has 0 spiro atoms. The minimum atomic E-state index is -1.50. The molecule has 0 atom stereocenters. The average Bonchev–Trinajstić information content (AvgIpc) is 1.86. The molecule has 0 saturated carbocycles. The van der Waals surface area contributed by atoms with Gasteiger partial charge in [-0.2, -0.15) is 0 Å². The van der Waals surface area contributed by atoms with E-state index in [0.717, 1.165) is 0 Å². The first-order valence-corrected chi connectivity index (χ1v) is 4.26. The highest BCUT2D eigenvalue weighted by Gasteiger charge is 2.18. The number of aliphatic hydroxyl groups is 2. The van der Waals surface area contributed by atoms with E-state index in [-0.39, 0.29) is 11.8 Å². The highest BCUT2D eigenvalue weighted by Crippen LogP contribution is 2.09. The number of rotatable bonds is 2. The fraction of sp³-hybridized carbons (Fsp3) is 0.889. The highest BCUT2D eigenvalue weighted by molar-refractivity contribution is 5.68. The smallest absolute Gasteiger partial charge is 0.305 e. The molecule has 4 nitrogen and oxygen atoms in total. The summed E-state index contributed by atoms with van der Waals surface area (Å²) in [7, 11) is 0. The van der Waals surface area contributed by atoms with Crippen LogP contribution in [0.1, 0.15) is 34.6 Å². The molecule has 0 bridgehead atoms. The van der Waals surface area contributed by atoms with Gasteiger partial charge in [-0.1, -0.05) is 27.7 Å². The average molecular weight is 192 g/mol. The van der Waals surface area contributed by atoms with Crippen molar-refractivity contribution >= 4 is 5.97 Å². The Hall–Kier alpha value is -0.610. The Labute approximate surface area is 79.2 Å². The second kappa shape index (κ2) is 5.94. The van der Waals surface area contributed by atoms with Gasteiger partial charge < -0.3 is 15.3 Å². The quantitative estimate of drug-likeness (QED) is 0.572. The van der Waals surface area contributed by atoms with Crippen molar-refractivity contribution in [2.75, 3.05) is 0 Å². The van der Waals surface area contributed by atoms with Gasteiger partial charge in [0.2, 0.25) is 0 Å². The summed E-state index contributed by atoms with van der Waals surface area (Å²) < 4.78 is 0. The van der Waals surface area contributed by atoms with Gasteiger partial charge in [0, 0.05) is 5.92 Å². The summed E-state index contributed by atoms with van der Waals surface area (Å²) in [5.41, 5.74) is 0. The first-order valence-electron chi connectivity index (χ1n) is 4.26. The van der Waals surface area contributed by atoms with E-state index >= 15 is 0 Å². The molecule has 80 valence electrons. The van der Waals surface area contributed by atoms with E-state index in [1.807, 2.05) is 0 Å². The first kappa shape index (κ1) is 14.9. The van der Waals surface area contributed by atoms with Gasteiger partial charge in [0.05, 0.1) is 5.92 Å². The summed E-state index contributed by atoms with van der Waals surface area (Å²) in [5.74, 6) is -2.56. The summed E-state index contributed by atoms with van der Waals surface area (Å²) >= 11 is 0. The molecular formula is C9H20O4. The van der Waals surface area contributed by atoms with Gasteiger partial charge in [-0.05, 0) is 6.92 Å². The zero-order valence-electron chi connectivity index (χ0n) is 8.90. The van der Waals surface area contributed by atoms with Crippen LogP contribution in [-0.2, 0) is 4.79 Å². The Morgan fingerprint density at radius 2 is 1.31 bits per heavy atom. The van der Waals surface area contributed by atoms with Crippen molar-refractivity contribution in [3.05, 3.63) is 0 Å². The maximum Gasteiger partial charge on any atom is 0.305 e. The summed E-state index contributed by atoms with van der Waals surface area (Å²) in [5, 5.41) is 25.3. The fourth-order valence-corrected chi connectivity index (χ4v) is 0. The van der Waals surface area contributed by atoms with Crippen molar-refractivity contribution in [1.29, 1.82) is 0 Å². The Bertz CT molecular complexity index is 144. The molecule has 4 heteroatoms. The normalized spacial score (nSPS) is 11.2. The molecule has 0 aromatic heterocycles. The minimum Gasteiger partial charge on any atom is -0.481 e. The Kier molecular flexibility index (Phi) is 6.80. The molecule has 0 aromatic carbocycles. The van der Waals surface area contributed by atoms with E-state index in [9.17, 15) is 4.79 Å². The van der Waals surface area contributed by atoms with Crippen molar-refractivity contribution in [3.63, 3.8) is 0 Å². The number of hydrogen-bond donors (Lipinski definition) is 3. The van der Waals surface area contributed by atoms with Crippen LogP contribution in [0.2, 0.25) is 0 Å². The van der Waals surface area contributed by atoms with E-state index in [1.54, 1.807) is 27.7 Å². The number of carboxylic acid groups (broad SMARTS) is 1. The second-order valence-corrected chi connectivity index (χ2v) is 3.74. The number of carbonyl (C=O) groups is 1. The zero-order valence-corrected chi connectivity index (χ0v) is 8.90. The fourth-order valence-electron chi connectivity index (χ4n) is 0.